The van der Waals surface area contributed by atoms with Gasteiger partial charge in [-0.15, -0.1) is 0 Å². The number of aliphatic hydroxyl groups excluding tert-OH is 1. The minimum Gasteiger partial charge on any atom is -0.393 e. The summed E-state index contributed by atoms with van der Waals surface area (Å²) in [7, 11) is 1.97. The van der Waals surface area contributed by atoms with Gasteiger partial charge in [-0.2, -0.15) is 0 Å². The lowest BCUT2D eigenvalue weighted by Crippen LogP contribution is -2.30. The molecule has 1 aromatic carbocycles. The predicted octanol–water partition coefficient (Wildman–Crippen LogP) is 2.11. The zero-order chi connectivity index (χ0) is 10.7. The van der Waals surface area contributed by atoms with Gasteiger partial charge in [0, 0.05) is 12.0 Å². The van der Waals surface area contributed by atoms with Crippen molar-refractivity contribution in [3.63, 3.8) is 0 Å². The van der Waals surface area contributed by atoms with Crippen LogP contribution in [0.5, 0.6) is 0 Å². The minimum atomic E-state index is -0.136. The smallest absolute Gasteiger partial charge is 0.0586 e. The van der Waals surface area contributed by atoms with Gasteiger partial charge < -0.3 is 10.4 Å². The quantitative estimate of drug-likeness (QED) is 0.792. The first-order chi connectivity index (χ1) is 7.33. The number of aliphatic hydroxyl groups is 1. The topological polar surface area (TPSA) is 32.3 Å². The summed E-state index contributed by atoms with van der Waals surface area (Å²) in [5.74, 6) is 0.373. The fraction of sp³-hybridized carbons (Fsp3) is 0.538. The summed E-state index contributed by atoms with van der Waals surface area (Å²) in [6.45, 7) is 0. The Bertz CT molecular complexity index is 299. The Labute approximate surface area is 91.3 Å². The monoisotopic (exact) mass is 205 g/mol. The summed E-state index contributed by atoms with van der Waals surface area (Å²) < 4.78 is 0. The van der Waals surface area contributed by atoms with Crippen molar-refractivity contribution in [3.05, 3.63) is 35.9 Å². The Morgan fingerprint density at radius 2 is 2.00 bits per heavy atom. The van der Waals surface area contributed by atoms with Crippen LogP contribution in [0.1, 0.15) is 30.9 Å². The first-order valence-corrected chi connectivity index (χ1v) is 5.73. The van der Waals surface area contributed by atoms with E-state index in [4.69, 9.17) is 0 Å². The molecule has 2 rings (SSSR count). The maximum atomic E-state index is 9.91. The van der Waals surface area contributed by atoms with Gasteiger partial charge in [0.15, 0.2) is 0 Å². The Morgan fingerprint density at radius 1 is 1.27 bits per heavy atom. The van der Waals surface area contributed by atoms with Crippen LogP contribution in [0, 0.1) is 5.92 Å². The van der Waals surface area contributed by atoms with E-state index < -0.39 is 0 Å². The third kappa shape index (κ3) is 2.21. The van der Waals surface area contributed by atoms with Crippen molar-refractivity contribution < 1.29 is 5.11 Å². The van der Waals surface area contributed by atoms with Crippen molar-refractivity contribution in [1.29, 1.82) is 0 Å². The fourth-order valence-electron chi connectivity index (χ4n) is 2.65. The molecule has 0 spiro atoms. The van der Waals surface area contributed by atoms with Gasteiger partial charge >= 0.3 is 0 Å². The van der Waals surface area contributed by atoms with Crippen LogP contribution in [-0.4, -0.2) is 18.3 Å². The molecule has 0 unspecified atom stereocenters. The highest BCUT2D eigenvalue weighted by Crippen LogP contribution is 2.35. The highest BCUT2D eigenvalue weighted by atomic mass is 16.3. The molecule has 15 heavy (non-hydrogen) atoms. The molecule has 2 nitrogen and oxygen atoms in total. The maximum Gasteiger partial charge on any atom is 0.0586 e. The molecule has 1 aromatic rings. The molecule has 82 valence electrons. The van der Waals surface area contributed by atoms with Crippen LogP contribution in [0.4, 0.5) is 0 Å². The third-order valence-electron chi connectivity index (χ3n) is 3.43. The molecule has 3 atom stereocenters. The van der Waals surface area contributed by atoms with Crippen molar-refractivity contribution >= 4 is 0 Å². The Balaban J connectivity index is 2.17. The molecule has 0 bridgehead atoms. The van der Waals surface area contributed by atoms with Crippen LogP contribution in [0.15, 0.2) is 30.3 Å². The van der Waals surface area contributed by atoms with E-state index in [1.807, 2.05) is 13.1 Å². The van der Waals surface area contributed by atoms with E-state index in [1.54, 1.807) is 0 Å². The zero-order valence-corrected chi connectivity index (χ0v) is 9.19. The molecule has 0 aromatic heterocycles. The summed E-state index contributed by atoms with van der Waals surface area (Å²) in [6, 6.07) is 10.7. The molecule has 0 heterocycles. The summed E-state index contributed by atoms with van der Waals surface area (Å²) in [6.07, 6.45) is 3.09. The Kier molecular flexibility index (Phi) is 3.39. The lowest BCUT2D eigenvalue weighted by atomic mass is 9.90. The van der Waals surface area contributed by atoms with Gasteiger partial charge in [0.25, 0.3) is 0 Å². The molecule has 1 fully saturated rings. The first-order valence-electron chi connectivity index (χ1n) is 5.73. The van der Waals surface area contributed by atoms with E-state index >= 15 is 0 Å². The van der Waals surface area contributed by atoms with Crippen LogP contribution >= 0.6 is 0 Å². The number of hydrogen-bond donors (Lipinski definition) is 2. The van der Waals surface area contributed by atoms with Gasteiger partial charge in [0.05, 0.1) is 6.10 Å². The van der Waals surface area contributed by atoms with Crippen molar-refractivity contribution in [1.82, 2.24) is 5.32 Å². The average Bonchev–Trinajstić information content (AvgIpc) is 2.68. The van der Waals surface area contributed by atoms with Crippen molar-refractivity contribution in [2.24, 2.45) is 5.92 Å². The molecule has 1 aliphatic rings. The zero-order valence-electron chi connectivity index (χ0n) is 9.19. The van der Waals surface area contributed by atoms with E-state index in [2.05, 4.69) is 29.6 Å². The van der Waals surface area contributed by atoms with Crippen LogP contribution in [0.3, 0.4) is 0 Å². The van der Waals surface area contributed by atoms with Crippen LogP contribution in [0.2, 0.25) is 0 Å². The summed E-state index contributed by atoms with van der Waals surface area (Å²) in [5, 5.41) is 13.2. The minimum absolute atomic E-state index is 0.136. The standard InChI is InChI=1S/C13H19NO/c1-14-13(10-6-3-2-4-7-10)11-8-5-9-12(11)15/h2-4,6-7,11-15H,5,8-9H2,1H3/t11-,12+,13+/m0/s1. The first kappa shape index (κ1) is 10.7. The number of rotatable bonds is 3. The van der Waals surface area contributed by atoms with E-state index in [9.17, 15) is 5.11 Å². The van der Waals surface area contributed by atoms with E-state index in [0.717, 1.165) is 19.3 Å². The lowest BCUT2D eigenvalue weighted by Gasteiger charge is -2.26. The van der Waals surface area contributed by atoms with E-state index in [-0.39, 0.29) is 6.10 Å². The second-order valence-electron chi connectivity index (χ2n) is 4.34. The van der Waals surface area contributed by atoms with Gasteiger partial charge in [-0.1, -0.05) is 36.8 Å². The molecule has 0 amide bonds. The van der Waals surface area contributed by atoms with Crippen molar-refractivity contribution in [2.75, 3.05) is 7.05 Å². The van der Waals surface area contributed by atoms with Gasteiger partial charge in [-0.25, -0.2) is 0 Å². The number of benzene rings is 1. The highest BCUT2D eigenvalue weighted by molar-refractivity contribution is 5.20. The Hall–Kier alpha value is -0.860. The van der Waals surface area contributed by atoms with Crippen LogP contribution < -0.4 is 5.32 Å². The highest BCUT2D eigenvalue weighted by Gasteiger charge is 2.32. The predicted molar refractivity (Wildman–Crippen MR) is 61.6 cm³/mol. The summed E-state index contributed by atoms with van der Waals surface area (Å²) in [4.78, 5) is 0. The molecule has 0 radical (unpaired) electrons. The second-order valence-corrected chi connectivity index (χ2v) is 4.34. The number of hydrogen-bond acceptors (Lipinski definition) is 2. The van der Waals surface area contributed by atoms with Gasteiger partial charge in [0.2, 0.25) is 0 Å². The summed E-state index contributed by atoms with van der Waals surface area (Å²) in [5.41, 5.74) is 1.28. The SMILES string of the molecule is CN[C@H](c1ccccc1)[C@H]1CCC[C@H]1O. The van der Waals surface area contributed by atoms with Crippen LogP contribution in [-0.2, 0) is 0 Å². The lowest BCUT2D eigenvalue weighted by molar-refractivity contribution is 0.111. The molecule has 0 saturated heterocycles. The maximum absolute atomic E-state index is 9.91. The van der Waals surface area contributed by atoms with Gasteiger partial charge in [-0.05, 0) is 25.5 Å². The van der Waals surface area contributed by atoms with E-state index in [1.165, 1.54) is 5.56 Å². The van der Waals surface area contributed by atoms with Crippen molar-refractivity contribution in [2.45, 2.75) is 31.4 Å². The van der Waals surface area contributed by atoms with Crippen LogP contribution in [0.25, 0.3) is 0 Å². The largest absolute Gasteiger partial charge is 0.393 e. The molecule has 2 heteroatoms. The molecular weight excluding hydrogens is 186 g/mol. The fourth-order valence-corrected chi connectivity index (χ4v) is 2.65. The third-order valence-corrected chi connectivity index (χ3v) is 3.43. The van der Waals surface area contributed by atoms with Gasteiger partial charge in [0.1, 0.15) is 0 Å². The molecule has 1 saturated carbocycles. The second kappa shape index (κ2) is 4.77. The molecule has 2 N–H and O–H groups in total. The molecular formula is C13H19NO. The van der Waals surface area contributed by atoms with E-state index in [0.29, 0.717) is 12.0 Å². The van der Waals surface area contributed by atoms with Gasteiger partial charge in [-0.3, -0.25) is 0 Å². The molecule has 1 aliphatic carbocycles. The summed E-state index contributed by atoms with van der Waals surface area (Å²) >= 11 is 0. The Morgan fingerprint density at radius 3 is 2.53 bits per heavy atom. The molecule has 0 aliphatic heterocycles. The normalized spacial score (nSPS) is 27.9. The number of nitrogens with one attached hydrogen (secondary N) is 1. The van der Waals surface area contributed by atoms with Crippen molar-refractivity contribution in [3.8, 4) is 0 Å². The average molecular weight is 205 g/mol.